The van der Waals surface area contributed by atoms with Crippen molar-refractivity contribution in [3.63, 3.8) is 0 Å². The quantitative estimate of drug-likeness (QED) is 0.840. The van der Waals surface area contributed by atoms with E-state index in [1.807, 2.05) is 0 Å². The zero-order valence-corrected chi connectivity index (χ0v) is 16.8. The first-order valence-corrected chi connectivity index (χ1v) is 10.9. The topological polar surface area (TPSA) is 101 Å². The average Bonchev–Trinajstić information content (AvgIpc) is 3.27. The number of rotatable bonds is 3. The summed E-state index contributed by atoms with van der Waals surface area (Å²) in [6.45, 7) is 0.901. The van der Waals surface area contributed by atoms with Gasteiger partial charge in [-0.25, -0.2) is 9.97 Å². The molecule has 0 unspecified atom stereocenters. The molecule has 0 radical (unpaired) electrons. The van der Waals surface area contributed by atoms with E-state index in [4.69, 9.17) is 4.52 Å². The molecule has 0 saturated heterocycles. The lowest BCUT2D eigenvalue weighted by atomic mass is 9.49. The van der Waals surface area contributed by atoms with Gasteiger partial charge in [-0.1, -0.05) is 5.16 Å². The zero-order valence-electron chi connectivity index (χ0n) is 16.8. The summed E-state index contributed by atoms with van der Waals surface area (Å²) in [6, 6.07) is 1.56. The number of nitrogens with one attached hydrogen (secondary N) is 1. The number of hydrogen-bond acceptors (Lipinski definition) is 6. The first kappa shape index (κ1) is 18.0. The van der Waals surface area contributed by atoms with Gasteiger partial charge in [-0.3, -0.25) is 9.59 Å². The van der Waals surface area contributed by atoms with Crippen LogP contribution in [0.3, 0.4) is 0 Å². The Bertz CT molecular complexity index is 967. The van der Waals surface area contributed by atoms with Crippen molar-refractivity contribution >= 4 is 17.6 Å². The number of aromatic nitrogens is 3. The number of anilines is 1. The minimum absolute atomic E-state index is 0.141. The summed E-state index contributed by atoms with van der Waals surface area (Å²) in [5.41, 5.74) is 1.51. The molecule has 4 aliphatic carbocycles. The summed E-state index contributed by atoms with van der Waals surface area (Å²) < 4.78 is 5.00. The van der Waals surface area contributed by atoms with Gasteiger partial charge in [-0.15, -0.1) is 0 Å². The Morgan fingerprint density at radius 3 is 2.50 bits per heavy atom. The molecular formula is C22H25N5O3. The third-order valence-corrected chi connectivity index (χ3v) is 7.69. The first-order valence-electron chi connectivity index (χ1n) is 10.9. The van der Waals surface area contributed by atoms with Crippen LogP contribution in [0.4, 0.5) is 5.82 Å². The maximum atomic E-state index is 13.4. The second-order valence-electron chi connectivity index (χ2n) is 9.65. The Labute approximate surface area is 174 Å². The Morgan fingerprint density at radius 1 is 1.10 bits per heavy atom. The molecule has 7 rings (SSSR count). The maximum Gasteiger partial charge on any atom is 0.292 e. The van der Waals surface area contributed by atoms with Crippen LogP contribution < -0.4 is 5.32 Å². The Kier molecular flexibility index (Phi) is 3.98. The lowest BCUT2D eigenvalue weighted by Crippen LogP contribution is -2.52. The van der Waals surface area contributed by atoms with Gasteiger partial charge in [0.25, 0.3) is 5.91 Å². The molecule has 30 heavy (non-hydrogen) atoms. The highest BCUT2D eigenvalue weighted by Crippen LogP contribution is 2.60. The number of hydrogen-bond donors (Lipinski definition) is 1. The second kappa shape index (κ2) is 6.62. The molecule has 2 amide bonds. The minimum Gasteiger partial charge on any atom is -0.351 e. The first-order chi connectivity index (χ1) is 14.6. The SMILES string of the molecule is O=C(c1ccno1)N1CCc2c(ncnc2NC(=O)C23CC4CC(CC(C4)C2)C3)C1. The summed E-state index contributed by atoms with van der Waals surface area (Å²) in [4.78, 5) is 36.5. The van der Waals surface area contributed by atoms with Gasteiger partial charge >= 0.3 is 0 Å². The van der Waals surface area contributed by atoms with Gasteiger partial charge in [0, 0.05) is 18.2 Å². The van der Waals surface area contributed by atoms with Crippen LogP contribution in [0.2, 0.25) is 0 Å². The predicted molar refractivity (Wildman–Crippen MR) is 106 cm³/mol. The number of carbonyl (C=O) groups excluding carboxylic acids is 2. The molecule has 1 N–H and O–H groups in total. The number of fused-ring (bicyclic) bond motifs is 1. The van der Waals surface area contributed by atoms with Crippen molar-refractivity contribution in [3.05, 3.63) is 35.6 Å². The molecule has 8 heteroatoms. The molecule has 2 aromatic rings. The lowest BCUT2D eigenvalue weighted by Gasteiger charge is -2.55. The molecule has 0 atom stereocenters. The summed E-state index contributed by atoms with van der Waals surface area (Å²) in [6.07, 6.45) is 10.6. The van der Waals surface area contributed by atoms with E-state index in [1.54, 1.807) is 11.0 Å². The predicted octanol–water partition coefficient (Wildman–Crippen LogP) is 2.82. The fourth-order valence-corrected chi connectivity index (χ4v) is 6.75. The standard InChI is InChI=1S/C22H25N5O3/c28-20(18-1-3-25-30-18)27-4-2-16-17(11-27)23-12-24-19(16)26-21(29)22-8-13-5-14(9-22)7-15(6-13)10-22/h1,3,12-15H,2,4-11H2,(H,23,24,26,29). The summed E-state index contributed by atoms with van der Waals surface area (Å²) >= 11 is 0. The largest absolute Gasteiger partial charge is 0.351 e. The fourth-order valence-electron chi connectivity index (χ4n) is 6.75. The zero-order chi connectivity index (χ0) is 20.3. The van der Waals surface area contributed by atoms with Crippen molar-refractivity contribution in [1.29, 1.82) is 0 Å². The van der Waals surface area contributed by atoms with E-state index in [1.165, 1.54) is 31.8 Å². The van der Waals surface area contributed by atoms with E-state index in [2.05, 4.69) is 20.4 Å². The van der Waals surface area contributed by atoms with Crippen LogP contribution in [0.1, 0.15) is 60.3 Å². The van der Waals surface area contributed by atoms with Gasteiger partial charge in [0.2, 0.25) is 11.7 Å². The highest BCUT2D eigenvalue weighted by Gasteiger charge is 2.54. The Balaban J connectivity index is 1.21. The fraction of sp³-hybridized carbons (Fsp3) is 0.591. The third-order valence-electron chi connectivity index (χ3n) is 7.69. The van der Waals surface area contributed by atoms with Gasteiger partial charge in [-0.2, -0.15) is 0 Å². The van der Waals surface area contributed by atoms with E-state index in [0.717, 1.165) is 48.3 Å². The van der Waals surface area contributed by atoms with Gasteiger partial charge in [0.1, 0.15) is 12.1 Å². The number of carbonyl (C=O) groups is 2. The van der Waals surface area contributed by atoms with Gasteiger partial charge in [0.05, 0.1) is 23.9 Å². The summed E-state index contributed by atoms with van der Waals surface area (Å²) in [5.74, 6) is 2.94. The molecule has 4 saturated carbocycles. The molecule has 0 spiro atoms. The molecule has 0 aromatic carbocycles. The average molecular weight is 407 g/mol. The van der Waals surface area contributed by atoms with Crippen molar-refractivity contribution < 1.29 is 14.1 Å². The van der Waals surface area contributed by atoms with E-state index in [-0.39, 0.29) is 23.0 Å². The summed E-state index contributed by atoms with van der Waals surface area (Å²) in [5, 5.41) is 6.79. The van der Waals surface area contributed by atoms with E-state index < -0.39 is 0 Å². The molecule has 1 aliphatic heterocycles. The van der Waals surface area contributed by atoms with Crippen LogP contribution in [0.5, 0.6) is 0 Å². The van der Waals surface area contributed by atoms with Crippen molar-refractivity contribution in [2.24, 2.45) is 23.2 Å². The van der Waals surface area contributed by atoms with Gasteiger partial charge in [-0.05, 0) is 62.7 Å². The highest BCUT2D eigenvalue weighted by molar-refractivity contribution is 5.96. The second-order valence-corrected chi connectivity index (χ2v) is 9.65. The van der Waals surface area contributed by atoms with Crippen molar-refractivity contribution in [1.82, 2.24) is 20.0 Å². The molecular weight excluding hydrogens is 382 g/mol. The monoisotopic (exact) mass is 407 g/mol. The van der Waals surface area contributed by atoms with E-state index in [0.29, 0.717) is 25.3 Å². The van der Waals surface area contributed by atoms with Crippen molar-refractivity contribution in [3.8, 4) is 0 Å². The normalized spacial score (nSPS) is 31.5. The van der Waals surface area contributed by atoms with Gasteiger partial charge < -0.3 is 14.7 Å². The van der Waals surface area contributed by atoms with Crippen LogP contribution in [-0.2, 0) is 17.8 Å². The van der Waals surface area contributed by atoms with Crippen molar-refractivity contribution in [2.45, 2.75) is 51.5 Å². The van der Waals surface area contributed by atoms with Crippen LogP contribution in [0.15, 0.2) is 23.1 Å². The van der Waals surface area contributed by atoms with Crippen molar-refractivity contribution in [2.75, 3.05) is 11.9 Å². The Morgan fingerprint density at radius 2 is 1.83 bits per heavy atom. The molecule has 8 nitrogen and oxygen atoms in total. The lowest BCUT2D eigenvalue weighted by molar-refractivity contribution is -0.140. The Hall–Kier alpha value is -2.77. The van der Waals surface area contributed by atoms with Crippen LogP contribution in [0, 0.1) is 23.2 Å². The van der Waals surface area contributed by atoms with E-state index in [9.17, 15) is 9.59 Å². The molecule has 2 aromatic heterocycles. The van der Waals surface area contributed by atoms with E-state index >= 15 is 0 Å². The maximum absolute atomic E-state index is 13.4. The van der Waals surface area contributed by atoms with Crippen LogP contribution >= 0.6 is 0 Å². The molecule has 156 valence electrons. The summed E-state index contributed by atoms with van der Waals surface area (Å²) in [7, 11) is 0. The van der Waals surface area contributed by atoms with Gasteiger partial charge in [0.15, 0.2) is 0 Å². The smallest absolute Gasteiger partial charge is 0.292 e. The number of amides is 2. The molecule has 3 heterocycles. The van der Waals surface area contributed by atoms with Crippen LogP contribution in [0.25, 0.3) is 0 Å². The third kappa shape index (κ3) is 2.84. The molecule has 4 bridgehead atoms. The van der Waals surface area contributed by atoms with Crippen LogP contribution in [-0.4, -0.2) is 38.4 Å². The molecule has 5 aliphatic rings. The highest BCUT2D eigenvalue weighted by atomic mass is 16.5. The minimum atomic E-state index is -0.213. The number of nitrogens with zero attached hydrogens (tertiary/aromatic N) is 4. The molecule has 4 fully saturated rings.